The smallest absolute Gasteiger partial charge is 0.335 e. The van der Waals surface area contributed by atoms with Crippen LogP contribution in [0.3, 0.4) is 0 Å². The first-order valence-electron chi connectivity index (χ1n) is 7.97. The largest absolute Gasteiger partial charge is 0.494 e. The van der Waals surface area contributed by atoms with E-state index in [0.29, 0.717) is 5.69 Å². The summed E-state index contributed by atoms with van der Waals surface area (Å²) in [6.07, 6.45) is 4.45. The highest BCUT2D eigenvalue weighted by atomic mass is 16.3. The van der Waals surface area contributed by atoms with Crippen molar-refractivity contribution in [1.82, 2.24) is 9.55 Å². The predicted octanol–water partition coefficient (Wildman–Crippen LogP) is 2.96. The van der Waals surface area contributed by atoms with Gasteiger partial charge in [-0.3, -0.25) is 14.8 Å². The molecular weight excluding hydrogens is 330 g/mol. The summed E-state index contributed by atoms with van der Waals surface area (Å²) in [4.78, 5) is 30.6. The molecule has 0 saturated heterocycles. The molecule has 0 aliphatic rings. The van der Waals surface area contributed by atoms with Gasteiger partial charge in [-0.05, 0) is 48.9 Å². The van der Waals surface area contributed by atoms with Crippen molar-refractivity contribution in [1.29, 1.82) is 0 Å². The minimum Gasteiger partial charge on any atom is -0.494 e. The summed E-state index contributed by atoms with van der Waals surface area (Å²) >= 11 is 0. The van der Waals surface area contributed by atoms with Gasteiger partial charge in [0, 0.05) is 6.21 Å². The summed E-state index contributed by atoms with van der Waals surface area (Å²) in [5, 5.41) is 10.5. The van der Waals surface area contributed by atoms with Crippen LogP contribution in [-0.2, 0) is 0 Å². The van der Waals surface area contributed by atoms with Gasteiger partial charge >= 0.3 is 5.69 Å². The topological polar surface area (TPSA) is 87.4 Å². The van der Waals surface area contributed by atoms with Gasteiger partial charge in [0.1, 0.15) is 5.56 Å². The number of aromatic nitrogens is 2. The lowest BCUT2D eigenvalue weighted by Gasteiger charge is -2.10. The Balaban J connectivity index is 1.99. The van der Waals surface area contributed by atoms with Gasteiger partial charge in [0.15, 0.2) is 0 Å². The molecule has 3 aromatic rings. The number of allylic oxidation sites excluding steroid dienone is 1. The summed E-state index contributed by atoms with van der Waals surface area (Å²) in [5.74, 6) is -0.422. The van der Waals surface area contributed by atoms with Crippen LogP contribution in [0.1, 0.15) is 11.1 Å². The Morgan fingerprint density at radius 3 is 2.58 bits per heavy atom. The molecule has 6 heteroatoms. The lowest BCUT2D eigenvalue weighted by Crippen LogP contribution is -2.30. The summed E-state index contributed by atoms with van der Waals surface area (Å²) < 4.78 is 1.06. The summed E-state index contributed by atoms with van der Waals surface area (Å²) in [5.41, 5.74) is 0.767. The fraction of sp³-hybridized carbons (Fsp3) is 0.0500. The van der Waals surface area contributed by atoms with E-state index in [4.69, 9.17) is 0 Å². The van der Waals surface area contributed by atoms with E-state index in [1.165, 1.54) is 18.4 Å². The van der Waals surface area contributed by atoms with Crippen LogP contribution in [0.15, 0.2) is 75.3 Å². The number of nitrogens with zero attached hydrogens (tertiary/aromatic N) is 2. The van der Waals surface area contributed by atoms with Crippen molar-refractivity contribution in [2.24, 2.45) is 4.99 Å². The molecular formula is C20H17N3O3. The van der Waals surface area contributed by atoms with Crippen LogP contribution in [0.4, 0.5) is 5.69 Å². The van der Waals surface area contributed by atoms with E-state index in [9.17, 15) is 14.7 Å². The maximum absolute atomic E-state index is 12.1. The molecule has 26 heavy (non-hydrogen) atoms. The van der Waals surface area contributed by atoms with Crippen molar-refractivity contribution >= 4 is 18.0 Å². The Labute approximate surface area is 149 Å². The molecule has 1 heterocycles. The number of hydrogen-bond donors (Lipinski definition) is 2. The van der Waals surface area contributed by atoms with Crippen LogP contribution < -0.4 is 11.2 Å². The highest BCUT2D eigenvalue weighted by molar-refractivity contribution is 5.81. The van der Waals surface area contributed by atoms with Crippen molar-refractivity contribution in [3.63, 3.8) is 0 Å². The molecule has 0 fully saturated rings. The number of rotatable bonds is 4. The summed E-state index contributed by atoms with van der Waals surface area (Å²) in [6.45, 7) is 1.87. The number of benzene rings is 2. The molecule has 2 aromatic carbocycles. The molecule has 0 saturated carbocycles. The second-order valence-corrected chi connectivity index (χ2v) is 5.64. The second kappa shape index (κ2) is 7.48. The Morgan fingerprint density at radius 1 is 1.08 bits per heavy atom. The number of hydrogen-bond acceptors (Lipinski definition) is 4. The van der Waals surface area contributed by atoms with Gasteiger partial charge < -0.3 is 5.11 Å². The summed E-state index contributed by atoms with van der Waals surface area (Å²) in [6, 6.07) is 16.4. The third-order valence-corrected chi connectivity index (χ3v) is 3.71. The van der Waals surface area contributed by atoms with E-state index in [2.05, 4.69) is 9.98 Å². The van der Waals surface area contributed by atoms with E-state index in [1.54, 1.807) is 18.2 Å². The van der Waals surface area contributed by atoms with Gasteiger partial charge in [0.2, 0.25) is 5.88 Å². The van der Waals surface area contributed by atoms with Crippen molar-refractivity contribution < 1.29 is 5.11 Å². The summed E-state index contributed by atoms with van der Waals surface area (Å²) in [7, 11) is 0. The first kappa shape index (κ1) is 17.2. The van der Waals surface area contributed by atoms with E-state index >= 15 is 0 Å². The van der Waals surface area contributed by atoms with Crippen molar-refractivity contribution in [3.05, 3.63) is 92.6 Å². The second-order valence-electron chi connectivity index (χ2n) is 5.64. The maximum atomic E-state index is 12.1. The maximum Gasteiger partial charge on any atom is 0.335 e. The molecule has 0 unspecified atom stereocenters. The molecule has 6 nitrogen and oxygen atoms in total. The Hall–Kier alpha value is -3.67. The number of aryl methyl sites for hydroxylation is 1. The first-order valence-corrected chi connectivity index (χ1v) is 7.97. The van der Waals surface area contributed by atoms with Crippen LogP contribution in [0, 0.1) is 6.92 Å². The molecule has 0 atom stereocenters. The molecule has 3 rings (SSSR count). The number of para-hydroxylation sites is 1. The van der Waals surface area contributed by atoms with Crippen LogP contribution in [0.2, 0.25) is 0 Å². The van der Waals surface area contributed by atoms with E-state index in [-0.39, 0.29) is 5.56 Å². The Kier molecular flexibility index (Phi) is 4.94. The predicted molar refractivity (Wildman–Crippen MR) is 103 cm³/mol. The van der Waals surface area contributed by atoms with Gasteiger partial charge in [0.05, 0.1) is 11.4 Å². The quantitative estimate of drug-likeness (QED) is 0.711. The SMILES string of the molecule is Cc1cccc(-n2c(O)c(C=CC=Nc3ccccc3)c(=O)[nH]c2=O)c1. The van der Waals surface area contributed by atoms with Gasteiger partial charge in [-0.1, -0.05) is 30.3 Å². The molecule has 130 valence electrons. The number of aromatic amines is 1. The molecule has 0 bridgehead atoms. The molecule has 0 radical (unpaired) electrons. The molecule has 0 aliphatic heterocycles. The number of aliphatic imine (C=N–C) groups is 1. The number of nitrogens with one attached hydrogen (secondary N) is 1. The first-order chi connectivity index (χ1) is 12.6. The van der Waals surface area contributed by atoms with Crippen molar-refractivity contribution in [3.8, 4) is 11.6 Å². The van der Waals surface area contributed by atoms with Crippen LogP contribution in [0.25, 0.3) is 11.8 Å². The van der Waals surface area contributed by atoms with Crippen LogP contribution in [-0.4, -0.2) is 20.9 Å². The standard InChI is InChI=1S/C20H17N3O3/c1-14-7-5-10-16(13-14)23-19(25)17(18(24)22-20(23)26)11-6-12-21-15-8-3-2-4-9-15/h2-13,25H,1H3,(H,22,24,26). The van der Waals surface area contributed by atoms with Crippen LogP contribution >= 0.6 is 0 Å². The van der Waals surface area contributed by atoms with E-state index in [0.717, 1.165) is 15.8 Å². The Morgan fingerprint density at radius 2 is 1.85 bits per heavy atom. The molecule has 0 amide bonds. The fourth-order valence-electron chi connectivity index (χ4n) is 2.48. The lowest BCUT2D eigenvalue weighted by atomic mass is 10.2. The highest BCUT2D eigenvalue weighted by Crippen LogP contribution is 2.18. The van der Waals surface area contributed by atoms with Crippen molar-refractivity contribution in [2.45, 2.75) is 6.92 Å². The number of aromatic hydroxyl groups is 1. The van der Waals surface area contributed by atoms with Gasteiger partial charge in [-0.25, -0.2) is 9.36 Å². The lowest BCUT2D eigenvalue weighted by molar-refractivity contribution is 0.429. The zero-order chi connectivity index (χ0) is 18.5. The third-order valence-electron chi connectivity index (χ3n) is 3.71. The van der Waals surface area contributed by atoms with Gasteiger partial charge in [-0.2, -0.15) is 0 Å². The number of H-pyrrole nitrogens is 1. The zero-order valence-corrected chi connectivity index (χ0v) is 14.1. The Bertz CT molecular complexity index is 1090. The third kappa shape index (κ3) is 3.70. The average Bonchev–Trinajstić information content (AvgIpc) is 2.61. The fourth-order valence-corrected chi connectivity index (χ4v) is 2.48. The zero-order valence-electron chi connectivity index (χ0n) is 14.1. The van der Waals surface area contributed by atoms with Crippen molar-refractivity contribution in [2.75, 3.05) is 0 Å². The monoisotopic (exact) mass is 347 g/mol. The molecule has 1 aromatic heterocycles. The van der Waals surface area contributed by atoms with E-state index < -0.39 is 17.1 Å². The minimum atomic E-state index is -0.701. The van der Waals surface area contributed by atoms with Gasteiger partial charge in [-0.15, -0.1) is 0 Å². The highest BCUT2D eigenvalue weighted by Gasteiger charge is 2.13. The average molecular weight is 347 g/mol. The molecule has 0 aliphatic carbocycles. The normalized spacial score (nSPS) is 11.4. The minimum absolute atomic E-state index is 0.0226. The molecule has 0 spiro atoms. The van der Waals surface area contributed by atoms with Gasteiger partial charge in [0.25, 0.3) is 5.56 Å². The molecule has 2 N–H and O–H groups in total. The van der Waals surface area contributed by atoms with Crippen LogP contribution in [0.5, 0.6) is 5.88 Å². The van der Waals surface area contributed by atoms with E-state index in [1.807, 2.05) is 43.3 Å².